The van der Waals surface area contributed by atoms with E-state index in [1.54, 1.807) is 0 Å². The third-order valence-electron chi connectivity index (χ3n) is 5.27. The molecular weight excluding hydrogens is 302 g/mol. The summed E-state index contributed by atoms with van der Waals surface area (Å²) in [6.07, 6.45) is 5.79. The quantitative estimate of drug-likeness (QED) is 0.791. The summed E-state index contributed by atoms with van der Waals surface area (Å²) in [5.41, 5.74) is 0.697. The van der Waals surface area contributed by atoms with E-state index in [1.165, 1.54) is 12.8 Å². The maximum absolute atomic E-state index is 12.7. The molecule has 3 N–H and O–H groups in total. The monoisotopic (exact) mass is 325 g/mol. The number of carbonyl (C=O) groups excluding carboxylic acids is 2. The van der Waals surface area contributed by atoms with Crippen LogP contribution in [0.4, 0.5) is 0 Å². The van der Waals surface area contributed by atoms with Crippen molar-refractivity contribution < 1.29 is 9.59 Å². The van der Waals surface area contributed by atoms with Crippen molar-refractivity contribution in [2.75, 3.05) is 6.54 Å². The van der Waals surface area contributed by atoms with Gasteiger partial charge < -0.3 is 15.6 Å². The first-order valence-corrected chi connectivity index (χ1v) is 8.85. The molecule has 0 unspecified atom stereocenters. The lowest BCUT2D eigenvalue weighted by molar-refractivity contribution is -0.127. The number of para-hydroxylation sites is 1. The number of fused-ring (bicyclic) bond motifs is 1. The Morgan fingerprint density at radius 1 is 1.17 bits per heavy atom. The van der Waals surface area contributed by atoms with E-state index in [1.807, 2.05) is 30.3 Å². The molecule has 0 bridgehead atoms. The van der Waals surface area contributed by atoms with E-state index in [4.69, 9.17) is 0 Å². The maximum Gasteiger partial charge on any atom is 0.268 e. The van der Waals surface area contributed by atoms with Crippen LogP contribution in [0.15, 0.2) is 30.3 Å². The summed E-state index contributed by atoms with van der Waals surface area (Å²) >= 11 is 0. The average molecular weight is 325 g/mol. The molecular formula is C19H23N3O2. The predicted octanol–water partition coefficient (Wildman–Crippen LogP) is 2.74. The second-order valence-electron chi connectivity index (χ2n) is 7.17. The molecule has 2 aromatic rings. The third kappa shape index (κ3) is 2.90. The highest BCUT2D eigenvalue weighted by Gasteiger charge is 2.43. The molecule has 24 heavy (non-hydrogen) atoms. The number of H-pyrrole nitrogens is 1. The Bertz CT molecular complexity index is 737. The molecule has 1 heterocycles. The van der Waals surface area contributed by atoms with Crippen LogP contribution in [0.25, 0.3) is 10.9 Å². The molecule has 0 spiro atoms. The number of hydrogen-bond acceptors (Lipinski definition) is 2. The number of hydrogen-bond donors (Lipinski definition) is 3. The van der Waals surface area contributed by atoms with Gasteiger partial charge >= 0.3 is 0 Å². The summed E-state index contributed by atoms with van der Waals surface area (Å²) in [5.74, 6) is 0.419. The van der Waals surface area contributed by atoms with Gasteiger partial charge in [-0.25, -0.2) is 0 Å². The smallest absolute Gasteiger partial charge is 0.268 e. The first-order valence-electron chi connectivity index (χ1n) is 8.85. The van der Waals surface area contributed by atoms with Gasteiger partial charge in [-0.3, -0.25) is 9.59 Å². The van der Waals surface area contributed by atoms with Gasteiger partial charge in [-0.1, -0.05) is 31.0 Å². The van der Waals surface area contributed by atoms with E-state index in [9.17, 15) is 9.59 Å². The molecule has 0 radical (unpaired) electrons. The lowest BCUT2D eigenvalue weighted by Gasteiger charge is -2.28. The van der Waals surface area contributed by atoms with E-state index >= 15 is 0 Å². The van der Waals surface area contributed by atoms with Gasteiger partial charge in [-0.05, 0) is 43.7 Å². The second-order valence-corrected chi connectivity index (χ2v) is 7.17. The minimum atomic E-state index is -0.747. The summed E-state index contributed by atoms with van der Waals surface area (Å²) in [6.45, 7) is 0.739. The summed E-state index contributed by atoms with van der Waals surface area (Å²) in [6, 6.07) is 9.64. The van der Waals surface area contributed by atoms with Gasteiger partial charge in [0.2, 0.25) is 5.91 Å². The van der Waals surface area contributed by atoms with Gasteiger partial charge in [0.1, 0.15) is 11.2 Å². The van der Waals surface area contributed by atoms with E-state index < -0.39 is 5.54 Å². The maximum atomic E-state index is 12.7. The zero-order valence-corrected chi connectivity index (χ0v) is 13.7. The molecule has 1 aromatic carbocycles. The van der Waals surface area contributed by atoms with Crippen molar-refractivity contribution in [1.29, 1.82) is 0 Å². The highest BCUT2D eigenvalue weighted by Crippen LogP contribution is 2.32. The Morgan fingerprint density at radius 3 is 2.62 bits per heavy atom. The number of aromatic nitrogens is 1. The molecule has 5 nitrogen and oxygen atoms in total. The molecule has 5 heteroatoms. The topological polar surface area (TPSA) is 74.0 Å². The van der Waals surface area contributed by atoms with Crippen LogP contribution in [0, 0.1) is 5.92 Å². The van der Waals surface area contributed by atoms with Crippen LogP contribution in [0.2, 0.25) is 0 Å². The van der Waals surface area contributed by atoms with E-state index in [-0.39, 0.29) is 11.8 Å². The predicted molar refractivity (Wildman–Crippen MR) is 92.7 cm³/mol. The fraction of sp³-hybridized carbons (Fsp3) is 0.474. The Balaban J connectivity index is 1.51. The number of aromatic amines is 1. The molecule has 1 aromatic heterocycles. The first-order chi connectivity index (χ1) is 11.7. The third-order valence-corrected chi connectivity index (χ3v) is 5.27. The number of rotatable bonds is 5. The van der Waals surface area contributed by atoms with Crippen molar-refractivity contribution in [3.05, 3.63) is 36.0 Å². The van der Waals surface area contributed by atoms with Gasteiger partial charge in [0.15, 0.2) is 0 Å². The minimum Gasteiger partial charge on any atom is -0.354 e. The Hall–Kier alpha value is -2.30. The molecule has 2 aliphatic carbocycles. The molecule has 4 rings (SSSR count). The fourth-order valence-electron chi connectivity index (χ4n) is 3.60. The summed E-state index contributed by atoms with van der Waals surface area (Å²) in [7, 11) is 0. The Morgan fingerprint density at radius 2 is 1.92 bits per heavy atom. The van der Waals surface area contributed by atoms with Crippen LogP contribution in [-0.4, -0.2) is 28.9 Å². The van der Waals surface area contributed by atoms with Gasteiger partial charge in [0.05, 0.1) is 0 Å². The van der Waals surface area contributed by atoms with Crippen LogP contribution in [-0.2, 0) is 4.79 Å². The normalized spacial score (nSPS) is 19.3. The second kappa shape index (κ2) is 5.96. The Labute approximate surface area is 141 Å². The zero-order valence-electron chi connectivity index (χ0n) is 13.7. The van der Waals surface area contributed by atoms with Crippen LogP contribution in [0.1, 0.15) is 49.0 Å². The largest absolute Gasteiger partial charge is 0.354 e. The minimum absolute atomic E-state index is 0.0173. The molecule has 0 atom stereocenters. The van der Waals surface area contributed by atoms with Crippen molar-refractivity contribution in [3.63, 3.8) is 0 Å². The highest BCUT2D eigenvalue weighted by molar-refractivity contribution is 6.01. The highest BCUT2D eigenvalue weighted by atomic mass is 16.2. The van der Waals surface area contributed by atoms with Crippen molar-refractivity contribution in [2.45, 2.75) is 44.1 Å². The van der Waals surface area contributed by atoms with Gasteiger partial charge in [0, 0.05) is 17.4 Å². The average Bonchev–Trinajstić information content (AvgIpc) is 3.11. The van der Waals surface area contributed by atoms with Gasteiger partial charge in [-0.15, -0.1) is 0 Å². The summed E-state index contributed by atoms with van der Waals surface area (Å²) < 4.78 is 0. The van der Waals surface area contributed by atoms with Crippen molar-refractivity contribution in [2.24, 2.45) is 5.92 Å². The molecule has 2 aliphatic rings. The van der Waals surface area contributed by atoms with Crippen LogP contribution in [0.3, 0.4) is 0 Å². The summed E-state index contributed by atoms with van der Waals surface area (Å²) in [5, 5.41) is 7.08. The van der Waals surface area contributed by atoms with Crippen molar-refractivity contribution in [3.8, 4) is 0 Å². The lowest BCUT2D eigenvalue weighted by Crippen LogP contribution is -2.57. The molecule has 2 amide bonds. The lowest BCUT2D eigenvalue weighted by atomic mass is 9.95. The van der Waals surface area contributed by atoms with Crippen LogP contribution in [0.5, 0.6) is 0 Å². The van der Waals surface area contributed by atoms with E-state index in [0.717, 1.165) is 43.1 Å². The molecule has 0 saturated heterocycles. The van der Waals surface area contributed by atoms with Gasteiger partial charge in [0.25, 0.3) is 5.91 Å². The Kier molecular flexibility index (Phi) is 3.79. The summed E-state index contributed by atoms with van der Waals surface area (Å²) in [4.78, 5) is 28.6. The molecule has 126 valence electrons. The number of benzene rings is 1. The standard InChI is InChI=1S/C19H23N3O2/c23-17(16-11-14-5-1-2-6-15(14)21-16)22-19(9-3-4-10-19)18(24)20-12-13-7-8-13/h1-2,5-6,11,13,21H,3-4,7-10,12H2,(H,20,24)(H,22,23). The number of carbonyl (C=O) groups is 2. The van der Waals surface area contributed by atoms with Crippen LogP contribution < -0.4 is 10.6 Å². The number of nitrogens with one attached hydrogen (secondary N) is 3. The van der Waals surface area contributed by atoms with Crippen molar-refractivity contribution in [1.82, 2.24) is 15.6 Å². The van der Waals surface area contributed by atoms with Gasteiger partial charge in [-0.2, -0.15) is 0 Å². The van der Waals surface area contributed by atoms with Crippen LogP contribution >= 0.6 is 0 Å². The van der Waals surface area contributed by atoms with Crippen molar-refractivity contribution >= 4 is 22.7 Å². The molecule has 0 aliphatic heterocycles. The SMILES string of the molecule is O=C(NC1(C(=O)NCC2CC2)CCCC1)c1cc2ccccc2[nH]1. The fourth-order valence-corrected chi connectivity index (χ4v) is 3.60. The van der Waals surface area contributed by atoms with E-state index in [0.29, 0.717) is 11.6 Å². The zero-order chi connectivity index (χ0) is 16.6. The molecule has 2 saturated carbocycles. The number of amides is 2. The van der Waals surface area contributed by atoms with E-state index in [2.05, 4.69) is 15.6 Å². The first kappa shape index (κ1) is 15.2. The molecule has 2 fully saturated rings.